The van der Waals surface area contributed by atoms with Crippen LogP contribution in [0.2, 0.25) is 0 Å². The molecule has 4 heteroatoms. The molecule has 4 nitrogen and oxygen atoms in total. The first-order valence-electron chi connectivity index (χ1n) is 7.31. The van der Waals surface area contributed by atoms with E-state index in [0.717, 1.165) is 24.7 Å². The Morgan fingerprint density at radius 3 is 2.70 bits per heavy atom. The highest BCUT2D eigenvalue weighted by Gasteiger charge is 2.30. The molecule has 0 amide bonds. The zero-order chi connectivity index (χ0) is 14.0. The van der Waals surface area contributed by atoms with Crippen molar-refractivity contribution in [1.82, 2.24) is 15.5 Å². The molecule has 1 atom stereocenters. The van der Waals surface area contributed by atoms with E-state index in [1.54, 1.807) is 0 Å². The summed E-state index contributed by atoms with van der Waals surface area (Å²) in [5, 5.41) is 7.66. The largest absolute Gasteiger partial charge is 0.338 e. The number of benzene rings is 1. The maximum absolute atomic E-state index is 5.49. The highest BCUT2D eigenvalue weighted by Crippen LogP contribution is 2.30. The van der Waals surface area contributed by atoms with Crippen LogP contribution in [0.15, 0.2) is 34.9 Å². The van der Waals surface area contributed by atoms with E-state index < -0.39 is 0 Å². The summed E-state index contributed by atoms with van der Waals surface area (Å²) in [7, 11) is 0. The summed E-state index contributed by atoms with van der Waals surface area (Å²) in [5.74, 6) is 1.48. The Morgan fingerprint density at radius 1 is 1.20 bits per heavy atom. The van der Waals surface area contributed by atoms with Crippen molar-refractivity contribution in [1.29, 1.82) is 0 Å². The molecule has 1 aliphatic heterocycles. The summed E-state index contributed by atoms with van der Waals surface area (Å²) in [5.41, 5.74) is 0.960. The molecule has 2 aromatic rings. The van der Waals surface area contributed by atoms with Crippen molar-refractivity contribution < 1.29 is 4.52 Å². The van der Waals surface area contributed by atoms with Gasteiger partial charge in [0.25, 0.3) is 0 Å². The second kappa shape index (κ2) is 5.37. The van der Waals surface area contributed by atoms with Gasteiger partial charge in [-0.2, -0.15) is 4.98 Å². The van der Waals surface area contributed by atoms with Gasteiger partial charge < -0.3 is 9.84 Å². The lowest BCUT2D eigenvalue weighted by molar-refractivity contribution is 0.294. The number of nitrogens with zero attached hydrogens (tertiary/aromatic N) is 2. The molecule has 0 spiro atoms. The molecular formula is C16H21N3O. The average Bonchev–Trinajstić information content (AvgIpc) is 3.00. The van der Waals surface area contributed by atoms with Crippen LogP contribution in [-0.4, -0.2) is 16.7 Å². The second-order valence-electron chi connectivity index (χ2n) is 5.95. The molecule has 1 saturated heterocycles. The smallest absolute Gasteiger partial charge is 0.243 e. The van der Waals surface area contributed by atoms with Crippen molar-refractivity contribution in [3.63, 3.8) is 0 Å². The van der Waals surface area contributed by atoms with Gasteiger partial charge in [0, 0.05) is 0 Å². The summed E-state index contributed by atoms with van der Waals surface area (Å²) in [4.78, 5) is 4.64. The van der Waals surface area contributed by atoms with Crippen LogP contribution in [0.25, 0.3) is 0 Å². The molecule has 1 fully saturated rings. The van der Waals surface area contributed by atoms with Crippen LogP contribution in [0.1, 0.15) is 56.4 Å². The summed E-state index contributed by atoms with van der Waals surface area (Å²) in [6.45, 7) is 5.29. The van der Waals surface area contributed by atoms with Gasteiger partial charge in [-0.3, -0.25) is 0 Å². The summed E-state index contributed by atoms with van der Waals surface area (Å²) in [6, 6.07) is 10.5. The molecule has 0 bridgehead atoms. The van der Waals surface area contributed by atoms with Crippen LogP contribution in [0.4, 0.5) is 0 Å². The Hall–Kier alpha value is -1.68. The summed E-state index contributed by atoms with van der Waals surface area (Å²) >= 11 is 0. The van der Waals surface area contributed by atoms with Crippen molar-refractivity contribution in [2.75, 3.05) is 6.54 Å². The van der Waals surface area contributed by atoms with Gasteiger partial charge >= 0.3 is 0 Å². The van der Waals surface area contributed by atoms with E-state index in [0.29, 0.717) is 0 Å². The van der Waals surface area contributed by atoms with Gasteiger partial charge in [0.1, 0.15) is 0 Å². The quantitative estimate of drug-likeness (QED) is 0.931. The lowest BCUT2D eigenvalue weighted by Crippen LogP contribution is -2.27. The number of nitrogens with one attached hydrogen (secondary N) is 1. The van der Waals surface area contributed by atoms with Crippen LogP contribution < -0.4 is 5.32 Å². The SMILES string of the molecule is CC(C)(c1ccccc1)c1noc(C2CCCCN2)n1. The van der Waals surface area contributed by atoms with Crippen molar-refractivity contribution >= 4 is 0 Å². The highest BCUT2D eigenvalue weighted by molar-refractivity contribution is 5.30. The summed E-state index contributed by atoms with van der Waals surface area (Å²) < 4.78 is 5.49. The van der Waals surface area contributed by atoms with E-state index >= 15 is 0 Å². The number of hydrogen-bond donors (Lipinski definition) is 1. The first-order valence-corrected chi connectivity index (χ1v) is 7.31. The molecule has 106 valence electrons. The van der Waals surface area contributed by atoms with E-state index in [1.165, 1.54) is 18.4 Å². The maximum Gasteiger partial charge on any atom is 0.243 e. The molecule has 1 aliphatic rings. The zero-order valence-electron chi connectivity index (χ0n) is 12.1. The van der Waals surface area contributed by atoms with E-state index in [9.17, 15) is 0 Å². The summed E-state index contributed by atoms with van der Waals surface area (Å²) in [6.07, 6.45) is 3.53. The zero-order valence-corrected chi connectivity index (χ0v) is 12.1. The van der Waals surface area contributed by atoms with Gasteiger partial charge in [0.15, 0.2) is 5.82 Å². The molecule has 20 heavy (non-hydrogen) atoms. The third-order valence-electron chi connectivity index (χ3n) is 4.10. The predicted molar refractivity (Wildman–Crippen MR) is 77.5 cm³/mol. The number of piperidine rings is 1. The number of rotatable bonds is 3. The van der Waals surface area contributed by atoms with Crippen LogP contribution in [0.3, 0.4) is 0 Å². The van der Waals surface area contributed by atoms with Gasteiger partial charge in [0.05, 0.1) is 11.5 Å². The number of aromatic nitrogens is 2. The van der Waals surface area contributed by atoms with Crippen molar-refractivity contribution in [3.05, 3.63) is 47.6 Å². The third-order valence-corrected chi connectivity index (χ3v) is 4.10. The Labute approximate surface area is 119 Å². The molecule has 1 N–H and O–H groups in total. The van der Waals surface area contributed by atoms with Crippen molar-refractivity contribution in [2.45, 2.75) is 44.6 Å². The van der Waals surface area contributed by atoms with Crippen molar-refractivity contribution in [3.8, 4) is 0 Å². The molecule has 3 rings (SSSR count). The Bertz CT molecular complexity index is 556. The molecule has 1 aromatic carbocycles. The standard InChI is InChI=1S/C16H21N3O/c1-16(2,12-8-4-3-5-9-12)15-18-14(20-19-15)13-10-6-7-11-17-13/h3-5,8-9,13,17H,6-7,10-11H2,1-2H3. The minimum Gasteiger partial charge on any atom is -0.338 e. The molecule has 1 unspecified atom stereocenters. The lowest BCUT2D eigenvalue weighted by atomic mass is 9.84. The predicted octanol–water partition coefficient (Wildman–Crippen LogP) is 3.21. The number of hydrogen-bond acceptors (Lipinski definition) is 4. The van der Waals surface area contributed by atoms with Gasteiger partial charge in [-0.15, -0.1) is 0 Å². The van der Waals surface area contributed by atoms with Gasteiger partial charge in [-0.25, -0.2) is 0 Å². The van der Waals surface area contributed by atoms with Crippen LogP contribution in [0.5, 0.6) is 0 Å². The molecular weight excluding hydrogens is 250 g/mol. The van der Waals surface area contributed by atoms with E-state index in [-0.39, 0.29) is 11.5 Å². The average molecular weight is 271 g/mol. The fourth-order valence-corrected chi connectivity index (χ4v) is 2.68. The third kappa shape index (κ3) is 2.48. The first-order chi connectivity index (χ1) is 9.68. The van der Waals surface area contributed by atoms with E-state index in [1.807, 2.05) is 18.2 Å². The Kier molecular flexibility index (Phi) is 3.57. The van der Waals surface area contributed by atoms with Crippen LogP contribution in [-0.2, 0) is 5.41 Å². The highest BCUT2D eigenvalue weighted by atomic mass is 16.5. The lowest BCUT2D eigenvalue weighted by Gasteiger charge is -2.21. The van der Waals surface area contributed by atoms with Gasteiger partial charge in [-0.1, -0.05) is 41.9 Å². The molecule has 0 aliphatic carbocycles. The minimum atomic E-state index is -0.238. The normalized spacial score (nSPS) is 20.0. The molecule has 0 radical (unpaired) electrons. The van der Waals surface area contributed by atoms with Gasteiger partial charge in [-0.05, 0) is 38.8 Å². The molecule has 1 aromatic heterocycles. The Balaban J connectivity index is 1.85. The minimum absolute atomic E-state index is 0.219. The maximum atomic E-state index is 5.49. The van der Waals surface area contributed by atoms with Crippen molar-refractivity contribution in [2.24, 2.45) is 0 Å². The Morgan fingerprint density at radius 2 is 2.00 bits per heavy atom. The monoisotopic (exact) mass is 271 g/mol. The fourth-order valence-electron chi connectivity index (χ4n) is 2.68. The second-order valence-corrected chi connectivity index (χ2v) is 5.95. The van der Waals surface area contributed by atoms with E-state index in [4.69, 9.17) is 4.52 Å². The molecule has 0 saturated carbocycles. The van der Waals surface area contributed by atoms with Gasteiger partial charge in [0.2, 0.25) is 5.89 Å². The molecule has 2 heterocycles. The van der Waals surface area contributed by atoms with Crippen LogP contribution in [0, 0.1) is 0 Å². The van der Waals surface area contributed by atoms with E-state index in [2.05, 4.69) is 41.4 Å². The fraction of sp³-hybridized carbons (Fsp3) is 0.500. The first kappa shape index (κ1) is 13.3. The van der Waals surface area contributed by atoms with Crippen LogP contribution >= 0.6 is 0 Å². The topological polar surface area (TPSA) is 51.0 Å².